The third kappa shape index (κ3) is 4.49. The van der Waals surface area contributed by atoms with Gasteiger partial charge in [-0.1, -0.05) is 18.2 Å². The molecule has 0 radical (unpaired) electrons. The Morgan fingerprint density at radius 2 is 2.23 bits per heavy atom. The minimum Gasteiger partial charge on any atom is -0.448 e. The highest BCUT2D eigenvalue weighted by Gasteiger charge is 2.25. The number of aromatic nitrogens is 1. The van der Waals surface area contributed by atoms with E-state index in [-0.39, 0.29) is 11.7 Å². The van der Waals surface area contributed by atoms with Crippen molar-refractivity contribution in [3.63, 3.8) is 0 Å². The van der Waals surface area contributed by atoms with Crippen LogP contribution in [-0.4, -0.2) is 53.9 Å². The van der Waals surface area contributed by atoms with E-state index >= 15 is 0 Å². The van der Waals surface area contributed by atoms with Crippen LogP contribution >= 0.6 is 0 Å². The van der Waals surface area contributed by atoms with Crippen LogP contribution in [0.25, 0.3) is 0 Å². The van der Waals surface area contributed by atoms with Crippen molar-refractivity contribution >= 4 is 5.91 Å². The van der Waals surface area contributed by atoms with Crippen molar-refractivity contribution in [3.8, 4) is 0 Å². The molecule has 140 valence electrons. The van der Waals surface area contributed by atoms with E-state index in [2.05, 4.69) is 9.88 Å². The van der Waals surface area contributed by atoms with E-state index in [4.69, 9.17) is 4.42 Å². The molecule has 1 fully saturated rings. The SMILES string of the molecule is Cc1ocnc1C(=O)N(C)CC1CCCN(CCc2ccccc2F)C1. The van der Waals surface area contributed by atoms with Crippen LogP contribution in [0.5, 0.6) is 0 Å². The first kappa shape index (κ1) is 18.6. The fraction of sp³-hybridized carbons (Fsp3) is 0.500. The van der Waals surface area contributed by atoms with Gasteiger partial charge in [-0.3, -0.25) is 4.79 Å². The largest absolute Gasteiger partial charge is 0.448 e. The molecule has 0 aliphatic carbocycles. The molecule has 1 aromatic carbocycles. The molecule has 2 aromatic rings. The molecule has 1 unspecified atom stereocenters. The zero-order valence-corrected chi connectivity index (χ0v) is 15.4. The van der Waals surface area contributed by atoms with Crippen molar-refractivity contribution in [1.29, 1.82) is 0 Å². The van der Waals surface area contributed by atoms with E-state index in [0.29, 0.717) is 30.3 Å². The zero-order valence-electron chi connectivity index (χ0n) is 15.4. The van der Waals surface area contributed by atoms with Crippen molar-refractivity contribution < 1.29 is 13.6 Å². The predicted octanol–water partition coefficient (Wildman–Crippen LogP) is 3.15. The van der Waals surface area contributed by atoms with Gasteiger partial charge in [-0.15, -0.1) is 0 Å². The average Bonchev–Trinajstić information content (AvgIpc) is 3.06. The summed E-state index contributed by atoms with van der Waals surface area (Å²) in [5.74, 6) is 0.747. The van der Waals surface area contributed by atoms with Gasteiger partial charge in [-0.2, -0.15) is 0 Å². The Hall–Kier alpha value is -2.21. The summed E-state index contributed by atoms with van der Waals surface area (Å²) >= 11 is 0. The summed E-state index contributed by atoms with van der Waals surface area (Å²) < 4.78 is 18.9. The van der Waals surface area contributed by atoms with E-state index in [1.54, 1.807) is 17.9 Å². The number of hydrogen-bond acceptors (Lipinski definition) is 4. The predicted molar refractivity (Wildman–Crippen MR) is 97.5 cm³/mol. The van der Waals surface area contributed by atoms with Crippen LogP contribution in [0.3, 0.4) is 0 Å². The first-order valence-electron chi connectivity index (χ1n) is 9.16. The van der Waals surface area contributed by atoms with Crippen LogP contribution in [0.1, 0.15) is 34.7 Å². The van der Waals surface area contributed by atoms with E-state index in [1.165, 1.54) is 12.5 Å². The molecule has 6 heteroatoms. The first-order chi connectivity index (χ1) is 12.5. The minimum atomic E-state index is -0.130. The Bertz CT molecular complexity index is 746. The van der Waals surface area contributed by atoms with E-state index < -0.39 is 0 Å². The van der Waals surface area contributed by atoms with Crippen molar-refractivity contribution in [2.24, 2.45) is 5.92 Å². The molecule has 1 aliphatic heterocycles. The van der Waals surface area contributed by atoms with E-state index in [9.17, 15) is 9.18 Å². The standard InChI is InChI=1S/C20H26FN3O2/c1-15-19(22-14-26-15)20(25)23(2)12-16-6-5-10-24(13-16)11-9-17-7-3-4-8-18(17)21/h3-4,7-8,14,16H,5-6,9-13H2,1-2H3. The number of likely N-dealkylation sites (tertiary alicyclic amines) is 1. The second-order valence-electron chi connectivity index (χ2n) is 7.09. The summed E-state index contributed by atoms with van der Waals surface area (Å²) in [6.45, 7) is 5.26. The summed E-state index contributed by atoms with van der Waals surface area (Å²) in [4.78, 5) is 20.6. The summed E-state index contributed by atoms with van der Waals surface area (Å²) in [5, 5.41) is 0. The molecule has 0 N–H and O–H groups in total. The number of benzene rings is 1. The number of aryl methyl sites for hydroxylation is 1. The van der Waals surface area contributed by atoms with Crippen LogP contribution in [0, 0.1) is 18.7 Å². The van der Waals surface area contributed by atoms with Crippen LogP contribution in [0.2, 0.25) is 0 Å². The Kier molecular flexibility index (Phi) is 6.04. The second kappa shape index (κ2) is 8.45. The molecule has 1 atom stereocenters. The van der Waals surface area contributed by atoms with Gasteiger partial charge in [0.05, 0.1) is 0 Å². The van der Waals surface area contributed by atoms with Gasteiger partial charge in [0.25, 0.3) is 5.91 Å². The lowest BCUT2D eigenvalue weighted by Crippen LogP contribution is -2.42. The normalized spacial score (nSPS) is 18.0. The highest BCUT2D eigenvalue weighted by molar-refractivity contribution is 5.92. The molecule has 0 bridgehead atoms. The Labute approximate surface area is 153 Å². The van der Waals surface area contributed by atoms with Gasteiger partial charge in [0.1, 0.15) is 11.6 Å². The maximum absolute atomic E-state index is 13.8. The lowest BCUT2D eigenvalue weighted by molar-refractivity contribution is 0.0723. The van der Waals surface area contributed by atoms with Crippen molar-refractivity contribution in [1.82, 2.24) is 14.8 Å². The molecule has 1 saturated heterocycles. The number of hydrogen-bond donors (Lipinski definition) is 0. The number of carbonyl (C=O) groups is 1. The molecule has 0 saturated carbocycles. The van der Waals surface area contributed by atoms with Crippen molar-refractivity contribution in [2.45, 2.75) is 26.2 Å². The van der Waals surface area contributed by atoms with Crippen molar-refractivity contribution in [2.75, 3.05) is 33.2 Å². The molecular formula is C20H26FN3O2. The van der Waals surface area contributed by atoms with Gasteiger partial charge in [-0.25, -0.2) is 9.37 Å². The summed E-state index contributed by atoms with van der Waals surface area (Å²) in [7, 11) is 1.81. The molecular weight excluding hydrogens is 333 g/mol. The number of oxazole rings is 1. The average molecular weight is 359 g/mol. The smallest absolute Gasteiger partial charge is 0.275 e. The fourth-order valence-electron chi connectivity index (χ4n) is 3.64. The number of piperidine rings is 1. The van der Waals surface area contributed by atoms with Crippen LogP contribution in [-0.2, 0) is 6.42 Å². The molecule has 1 aliphatic rings. The van der Waals surface area contributed by atoms with Gasteiger partial charge in [0, 0.05) is 26.7 Å². The molecule has 3 rings (SSSR count). The Morgan fingerprint density at radius 1 is 1.42 bits per heavy atom. The van der Waals surface area contributed by atoms with E-state index in [1.807, 2.05) is 19.2 Å². The van der Waals surface area contributed by atoms with Gasteiger partial charge in [0.2, 0.25) is 0 Å². The molecule has 5 nitrogen and oxygen atoms in total. The number of carbonyl (C=O) groups excluding carboxylic acids is 1. The fourth-order valence-corrected chi connectivity index (χ4v) is 3.64. The molecule has 1 amide bonds. The van der Waals surface area contributed by atoms with Gasteiger partial charge in [0.15, 0.2) is 12.1 Å². The second-order valence-corrected chi connectivity index (χ2v) is 7.09. The van der Waals surface area contributed by atoms with Gasteiger partial charge in [-0.05, 0) is 50.3 Å². The first-order valence-corrected chi connectivity index (χ1v) is 9.16. The number of rotatable bonds is 6. The summed E-state index contributed by atoms with van der Waals surface area (Å²) in [6.07, 6.45) is 4.23. The summed E-state index contributed by atoms with van der Waals surface area (Å²) in [5.41, 5.74) is 1.16. The highest BCUT2D eigenvalue weighted by Crippen LogP contribution is 2.19. The van der Waals surface area contributed by atoms with Crippen molar-refractivity contribution in [3.05, 3.63) is 53.5 Å². The lowest BCUT2D eigenvalue weighted by atomic mass is 9.97. The number of nitrogens with zero attached hydrogens (tertiary/aromatic N) is 3. The molecule has 0 spiro atoms. The molecule has 26 heavy (non-hydrogen) atoms. The maximum Gasteiger partial charge on any atom is 0.275 e. The highest BCUT2D eigenvalue weighted by atomic mass is 19.1. The maximum atomic E-state index is 13.8. The third-order valence-corrected chi connectivity index (χ3v) is 5.08. The van der Waals surface area contributed by atoms with Crippen LogP contribution in [0.15, 0.2) is 35.1 Å². The van der Waals surface area contributed by atoms with Crippen LogP contribution in [0.4, 0.5) is 4.39 Å². The van der Waals surface area contributed by atoms with Crippen LogP contribution < -0.4 is 0 Å². The number of amides is 1. The quantitative estimate of drug-likeness (QED) is 0.795. The lowest BCUT2D eigenvalue weighted by Gasteiger charge is -2.34. The third-order valence-electron chi connectivity index (χ3n) is 5.08. The van der Waals surface area contributed by atoms with E-state index in [0.717, 1.165) is 38.0 Å². The van der Waals surface area contributed by atoms with Gasteiger partial charge >= 0.3 is 0 Å². The Balaban J connectivity index is 1.51. The topological polar surface area (TPSA) is 49.6 Å². The number of halogens is 1. The van der Waals surface area contributed by atoms with Gasteiger partial charge < -0.3 is 14.2 Å². The monoisotopic (exact) mass is 359 g/mol. The molecule has 2 heterocycles. The minimum absolute atomic E-state index is 0.0975. The molecule has 1 aromatic heterocycles. The summed E-state index contributed by atoms with van der Waals surface area (Å²) in [6, 6.07) is 6.97. The zero-order chi connectivity index (χ0) is 18.5. The Morgan fingerprint density at radius 3 is 2.96 bits per heavy atom.